The number of carbonyl (C=O) groups excluding carboxylic acids is 2. The fourth-order valence-electron chi connectivity index (χ4n) is 2.97. The van der Waals surface area contributed by atoms with E-state index in [9.17, 15) is 9.59 Å². The molecule has 0 saturated heterocycles. The zero-order valence-corrected chi connectivity index (χ0v) is 14.8. The average molecular weight is 350 g/mol. The summed E-state index contributed by atoms with van der Waals surface area (Å²) < 4.78 is 4.97. The highest BCUT2D eigenvalue weighted by Crippen LogP contribution is 2.24. The summed E-state index contributed by atoms with van der Waals surface area (Å²) in [5.41, 5.74) is 0.921. The zero-order chi connectivity index (χ0) is 17.4. The summed E-state index contributed by atoms with van der Waals surface area (Å²) in [5.74, 6) is -0.309. The second kappa shape index (κ2) is 9.48. The molecule has 0 aromatic heterocycles. The topological polar surface area (TPSA) is 46.6 Å². The van der Waals surface area contributed by atoms with Crippen LogP contribution in [0.4, 0.5) is 0 Å². The molecule has 0 unspecified atom stereocenters. The van der Waals surface area contributed by atoms with Crippen molar-refractivity contribution >= 4 is 29.6 Å². The molecule has 0 heterocycles. The third-order valence-corrected chi connectivity index (χ3v) is 4.45. The van der Waals surface area contributed by atoms with Crippen LogP contribution < -0.4 is 0 Å². The van der Waals surface area contributed by atoms with Crippen molar-refractivity contribution in [3.8, 4) is 0 Å². The number of nitrogens with zero attached hydrogens (tertiary/aromatic N) is 1. The first-order valence-electron chi connectivity index (χ1n) is 8.50. The van der Waals surface area contributed by atoms with E-state index in [1.807, 2.05) is 17.0 Å². The number of hydrogen-bond donors (Lipinski definition) is 0. The minimum atomic E-state index is -0.255. The summed E-state index contributed by atoms with van der Waals surface area (Å²) in [4.78, 5) is 26.0. The van der Waals surface area contributed by atoms with Gasteiger partial charge in [0.05, 0.1) is 13.0 Å². The summed E-state index contributed by atoms with van der Waals surface area (Å²) in [6, 6.07) is 7.54. The fraction of sp³-hybridized carbons (Fsp3) is 0.474. The monoisotopic (exact) mass is 349 g/mol. The van der Waals surface area contributed by atoms with Crippen molar-refractivity contribution in [3.63, 3.8) is 0 Å². The van der Waals surface area contributed by atoms with Crippen molar-refractivity contribution in [2.75, 3.05) is 13.2 Å². The molecule has 1 fully saturated rings. The lowest BCUT2D eigenvalue weighted by molar-refractivity contribution is -0.144. The molecule has 1 aliphatic carbocycles. The summed E-state index contributed by atoms with van der Waals surface area (Å²) in [6.45, 7) is 2.56. The molecule has 0 aliphatic heterocycles. The third kappa shape index (κ3) is 5.68. The molecule has 1 aliphatic rings. The largest absolute Gasteiger partial charge is 0.466 e. The molecule has 24 heavy (non-hydrogen) atoms. The Morgan fingerprint density at radius 2 is 1.92 bits per heavy atom. The molecule has 0 atom stereocenters. The first-order valence-corrected chi connectivity index (χ1v) is 8.88. The van der Waals surface area contributed by atoms with Crippen LogP contribution in [0.3, 0.4) is 0 Å². The highest BCUT2D eigenvalue weighted by molar-refractivity contribution is 6.30. The van der Waals surface area contributed by atoms with Crippen LogP contribution in [-0.4, -0.2) is 36.0 Å². The molecule has 4 nitrogen and oxygen atoms in total. The van der Waals surface area contributed by atoms with Crippen LogP contribution >= 0.6 is 11.6 Å². The van der Waals surface area contributed by atoms with Crippen LogP contribution in [-0.2, 0) is 14.3 Å². The predicted molar refractivity (Wildman–Crippen MR) is 95.7 cm³/mol. The summed E-state index contributed by atoms with van der Waals surface area (Å²) in [7, 11) is 0. The number of carbonyl (C=O) groups is 2. The molecule has 5 heteroatoms. The number of rotatable bonds is 7. The molecular weight excluding hydrogens is 326 g/mol. The maximum atomic E-state index is 12.6. The normalized spacial score (nSPS) is 14.9. The number of hydrogen-bond acceptors (Lipinski definition) is 3. The molecule has 0 bridgehead atoms. The van der Waals surface area contributed by atoms with E-state index in [4.69, 9.17) is 16.3 Å². The molecule has 0 N–H and O–H groups in total. The molecule has 0 spiro atoms. The Morgan fingerprint density at radius 1 is 1.25 bits per heavy atom. The second-order valence-corrected chi connectivity index (χ2v) is 6.35. The van der Waals surface area contributed by atoms with Gasteiger partial charge in [-0.3, -0.25) is 9.59 Å². The van der Waals surface area contributed by atoms with Crippen LogP contribution in [0.2, 0.25) is 5.02 Å². The Balaban J connectivity index is 2.00. The molecule has 130 valence electrons. The van der Waals surface area contributed by atoms with Gasteiger partial charge >= 0.3 is 5.97 Å². The van der Waals surface area contributed by atoms with Gasteiger partial charge in [0.2, 0.25) is 5.91 Å². The van der Waals surface area contributed by atoms with E-state index >= 15 is 0 Å². The van der Waals surface area contributed by atoms with Crippen LogP contribution in [0.15, 0.2) is 30.3 Å². The van der Waals surface area contributed by atoms with Gasteiger partial charge < -0.3 is 9.64 Å². The summed E-state index contributed by atoms with van der Waals surface area (Å²) in [5, 5.41) is 0.667. The molecule has 1 amide bonds. The predicted octanol–water partition coefficient (Wildman–Crippen LogP) is 4.08. The highest BCUT2D eigenvalue weighted by atomic mass is 35.5. The Morgan fingerprint density at radius 3 is 2.54 bits per heavy atom. The maximum absolute atomic E-state index is 12.6. The number of ether oxygens (including phenoxy) is 1. The first kappa shape index (κ1) is 18.5. The molecule has 1 aromatic carbocycles. The minimum absolute atomic E-state index is 0.0545. The van der Waals surface area contributed by atoms with Gasteiger partial charge in [-0.25, -0.2) is 0 Å². The lowest BCUT2D eigenvalue weighted by Crippen LogP contribution is -2.39. The van der Waals surface area contributed by atoms with Crippen molar-refractivity contribution in [2.24, 2.45) is 0 Å². The molecule has 2 rings (SSSR count). The van der Waals surface area contributed by atoms with E-state index in [0.29, 0.717) is 18.2 Å². The van der Waals surface area contributed by atoms with E-state index in [1.54, 1.807) is 31.2 Å². The van der Waals surface area contributed by atoms with E-state index in [-0.39, 0.29) is 24.3 Å². The van der Waals surface area contributed by atoms with Gasteiger partial charge in [-0.1, -0.05) is 36.6 Å². The number of amides is 1. The Bertz CT molecular complexity index is 577. The van der Waals surface area contributed by atoms with E-state index in [2.05, 4.69) is 0 Å². The molecule has 0 radical (unpaired) electrons. The van der Waals surface area contributed by atoms with Crippen LogP contribution in [0.25, 0.3) is 6.08 Å². The summed E-state index contributed by atoms with van der Waals surface area (Å²) >= 11 is 5.86. The smallest absolute Gasteiger partial charge is 0.307 e. The summed E-state index contributed by atoms with van der Waals surface area (Å²) in [6.07, 6.45) is 7.87. The van der Waals surface area contributed by atoms with E-state index < -0.39 is 0 Å². The van der Waals surface area contributed by atoms with Gasteiger partial charge in [0.15, 0.2) is 0 Å². The lowest BCUT2D eigenvalue weighted by Gasteiger charge is -2.27. The van der Waals surface area contributed by atoms with Crippen LogP contribution in [0.5, 0.6) is 0 Å². The number of esters is 1. The van der Waals surface area contributed by atoms with Gasteiger partial charge in [-0.05, 0) is 43.5 Å². The van der Waals surface area contributed by atoms with Gasteiger partial charge in [0.1, 0.15) is 0 Å². The van der Waals surface area contributed by atoms with Crippen molar-refractivity contribution in [3.05, 3.63) is 40.9 Å². The Hall–Kier alpha value is -1.81. The highest BCUT2D eigenvalue weighted by Gasteiger charge is 2.25. The van der Waals surface area contributed by atoms with E-state index in [0.717, 1.165) is 31.2 Å². The first-order chi connectivity index (χ1) is 11.6. The van der Waals surface area contributed by atoms with Crippen molar-refractivity contribution < 1.29 is 14.3 Å². The number of halogens is 1. The average Bonchev–Trinajstić information content (AvgIpc) is 3.09. The Kier molecular flexibility index (Phi) is 7.32. The quantitative estimate of drug-likeness (QED) is 0.550. The SMILES string of the molecule is CCOC(=O)CCN(C(=O)/C=C/c1ccc(Cl)cc1)C1CCCC1. The van der Waals surface area contributed by atoms with Gasteiger partial charge in [-0.2, -0.15) is 0 Å². The van der Waals surface area contributed by atoms with Crippen LogP contribution in [0, 0.1) is 0 Å². The number of benzene rings is 1. The van der Waals surface area contributed by atoms with Crippen LogP contribution in [0.1, 0.15) is 44.6 Å². The van der Waals surface area contributed by atoms with Crippen molar-refractivity contribution in [1.29, 1.82) is 0 Å². The van der Waals surface area contributed by atoms with Gasteiger partial charge in [0, 0.05) is 23.7 Å². The van der Waals surface area contributed by atoms with Crippen molar-refractivity contribution in [1.82, 2.24) is 4.90 Å². The standard InChI is InChI=1S/C19H24ClNO3/c1-2-24-19(23)13-14-21(17-5-3-4-6-17)18(22)12-9-15-7-10-16(20)11-8-15/h7-12,17H,2-6,13-14H2,1H3/b12-9+. The van der Waals surface area contributed by atoms with Gasteiger partial charge in [-0.15, -0.1) is 0 Å². The Labute approximate surface area is 148 Å². The molecule has 1 aromatic rings. The minimum Gasteiger partial charge on any atom is -0.466 e. The fourth-order valence-corrected chi connectivity index (χ4v) is 3.10. The van der Waals surface area contributed by atoms with E-state index in [1.165, 1.54) is 0 Å². The lowest BCUT2D eigenvalue weighted by atomic mass is 10.1. The molecule has 1 saturated carbocycles. The second-order valence-electron chi connectivity index (χ2n) is 5.91. The van der Waals surface area contributed by atoms with Crippen molar-refractivity contribution in [2.45, 2.75) is 45.1 Å². The third-order valence-electron chi connectivity index (χ3n) is 4.20. The molecular formula is C19H24ClNO3. The van der Waals surface area contributed by atoms with Gasteiger partial charge in [0.25, 0.3) is 0 Å². The zero-order valence-electron chi connectivity index (χ0n) is 14.0. The maximum Gasteiger partial charge on any atom is 0.307 e.